The molecule has 1 aromatic rings. The third kappa shape index (κ3) is 4.76. The highest BCUT2D eigenvalue weighted by Crippen LogP contribution is 2.52. The molecule has 0 bridgehead atoms. The predicted molar refractivity (Wildman–Crippen MR) is 135 cm³/mol. The van der Waals surface area contributed by atoms with Crippen molar-refractivity contribution in [3.05, 3.63) is 35.9 Å². The quantitative estimate of drug-likeness (QED) is 0.575. The van der Waals surface area contributed by atoms with E-state index < -0.39 is 11.5 Å². The summed E-state index contributed by atoms with van der Waals surface area (Å²) in [5, 5.41) is 7.65. The van der Waals surface area contributed by atoms with Crippen molar-refractivity contribution in [2.45, 2.75) is 107 Å². The number of carbonyl (C=O) groups is 2. The van der Waals surface area contributed by atoms with Crippen LogP contribution in [0.3, 0.4) is 0 Å². The first-order valence-corrected chi connectivity index (χ1v) is 13.9. The lowest BCUT2D eigenvalue weighted by Crippen LogP contribution is -2.64. The molecule has 2 atom stereocenters. The van der Waals surface area contributed by atoms with E-state index in [1.165, 1.54) is 19.3 Å². The molecule has 4 aliphatic rings. The summed E-state index contributed by atoms with van der Waals surface area (Å²) in [6, 6.07) is 9.83. The summed E-state index contributed by atoms with van der Waals surface area (Å²) >= 11 is 0. The fraction of sp³-hybridized carbons (Fsp3) is 0.724. The third-order valence-electron chi connectivity index (χ3n) is 9.47. The van der Waals surface area contributed by atoms with Gasteiger partial charge in [0.1, 0.15) is 12.1 Å². The topological polar surface area (TPSA) is 76.7 Å². The number of ether oxygens (including phenoxy) is 2. The normalized spacial score (nSPS) is 34.2. The van der Waals surface area contributed by atoms with Gasteiger partial charge in [0.2, 0.25) is 0 Å². The SMILES string of the molecule is CCOC(=O)[C@@H]1CC2(CCCCC2)NC1(C(=O)OCc1ccccc1)C1CCC2(CCCN2)CC1. The van der Waals surface area contributed by atoms with Crippen molar-refractivity contribution in [2.24, 2.45) is 11.8 Å². The molecule has 0 aromatic heterocycles. The van der Waals surface area contributed by atoms with E-state index in [0.717, 1.165) is 63.5 Å². The molecule has 2 N–H and O–H groups in total. The molecular weight excluding hydrogens is 440 g/mol. The minimum absolute atomic E-state index is 0.0644. The molecule has 2 saturated carbocycles. The van der Waals surface area contributed by atoms with Crippen LogP contribution in [0.15, 0.2) is 30.3 Å². The van der Waals surface area contributed by atoms with Gasteiger partial charge in [0, 0.05) is 11.1 Å². The van der Waals surface area contributed by atoms with Crippen molar-refractivity contribution < 1.29 is 19.1 Å². The van der Waals surface area contributed by atoms with E-state index >= 15 is 0 Å². The first kappa shape index (κ1) is 24.8. The van der Waals surface area contributed by atoms with Crippen LogP contribution in [0.25, 0.3) is 0 Å². The Balaban J connectivity index is 1.46. The van der Waals surface area contributed by atoms with Crippen molar-refractivity contribution >= 4 is 11.9 Å². The molecule has 35 heavy (non-hydrogen) atoms. The first-order chi connectivity index (χ1) is 17.0. The van der Waals surface area contributed by atoms with Crippen LogP contribution in [0.4, 0.5) is 0 Å². The fourth-order valence-electron chi connectivity index (χ4n) is 7.71. The number of rotatable bonds is 6. The van der Waals surface area contributed by atoms with Gasteiger partial charge >= 0.3 is 11.9 Å². The number of esters is 2. The number of hydrogen-bond acceptors (Lipinski definition) is 6. The zero-order valence-corrected chi connectivity index (χ0v) is 21.3. The second kappa shape index (κ2) is 10.2. The lowest BCUT2D eigenvalue weighted by Gasteiger charge is -2.47. The summed E-state index contributed by atoms with van der Waals surface area (Å²) in [6.45, 7) is 3.49. The largest absolute Gasteiger partial charge is 0.466 e. The van der Waals surface area contributed by atoms with E-state index in [2.05, 4.69) is 10.6 Å². The average molecular weight is 483 g/mol. The molecule has 2 heterocycles. The highest BCUT2D eigenvalue weighted by molar-refractivity contribution is 5.90. The summed E-state index contributed by atoms with van der Waals surface area (Å²) in [7, 11) is 0. The number of carbonyl (C=O) groups excluding carboxylic acids is 2. The maximum atomic E-state index is 14.2. The third-order valence-corrected chi connectivity index (χ3v) is 9.47. The molecule has 2 aliphatic carbocycles. The van der Waals surface area contributed by atoms with E-state index in [-0.39, 0.29) is 35.5 Å². The molecule has 2 spiro atoms. The minimum atomic E-state index is -1.02. The predicted octanol–water partition coefficient (Wildman–Crippen LogP) is 4.66. The number of nitrogens with one attached hydrogen (secondary N) is 2. The van der Waals surface area contributed by atoms with E-state index in [4.69, 9.17) is 9.47 Å². The van der Waals surface area contributed by atoms with E-state index in [1.54, 1.807) is 0 Å². The Labute approximate surface area is 209 Å². The summed E-state index contributed by atoms with van der Waals surface area (Å²) in [6.07, 6.45) is 12.6. The van der Waals surface area contributed by atoms with Crippen LogP contribution in [0.1, 0.15) is 89.5 Å². The highest BCUT2D eigenvalue weighted by atomic mass is 16.5. The van der Waals surface area contributed by atoms with Gasteiger partial charge in [-0.3, -0.25) is 10.1 Å². The number of hydrogen-bond donors (Lipinski definition) is 2. The van der Waals surface area contributed by atoms with Gasteiger partial charge in [0.15, 0.2) is 0 Å². The lowest BCUT2D eigenvalue weighted by molar-refractivity contribution is -0.167. The molecule has 5 rings (SSSR count). The van der Waals surface area contributed by atoms with Gasteiger partial charge in [-0.05, 0) is 82.7 Å². The zero-order chi connectivity index (χ0) is 24.4. The smallest absolute Gasteiger partial charge is 0.327 e. The molecule has 0 amide bonds. The van der Waals surface area contributed by atoms with Crippen LogP contribution in [-0.4, -0.2) is 41.7 Å². The molecule has 6 nitrogen and oxygen atoms in total. The van der Waals surface area contributed by atoms with Crippen LogP contribution >= 0.6 is 0 Å². The molecule has 2 saturated heterocycles. The van der Waals surface area contributed by atoms with Gasteiger partial charge in [0.25, 0.3) is 0 Å². The van der Waals surface area contributed by atoms with Gasteiger partial charge in [-0.1, -0.05) is 49.6 Å². The minimum Gasteiger partial charge on any atom is -0.466 e. The monoisotopic (exact) mass is 482 g/mol. The van der Waals surface area contributed by atoms with E-state index in [9.17, 15) is 9.59 Å². The molecule has 1 aromatic carbocycles. The maximum absolute atomic E-state index is 14.2. The summed E-state index contributed by atoms with van der Waals surface area (Å²) < 4.78 is 11.7. The summed E-state index contributed by atoms with van der Waals surface area (Å²) in [4.78, 5) is 27.7. The Morgan fingerprint density at radius 2 is 1.63 bits per heavy atom. The van der Waals surface area contributed by atoms with Crippen LogP contribution in [0.2, 0.25) is 0 Å². The molecule has 1 unspecified atom stereocenters. The van der Waals surface area contributed by atoms with Gasteiger partial charge in [-0.2, -0.15) is 0 Å². The Hall–Kier alpha value is -1.92. The van der Waals surface area contributed by atoms with Crippen LogP contribution in [0, 0.1) is 11.8 Å². The lowest BCUT2D eigenvalue weighted by atomic mass is 9.65. The van der Waals surface area contributed by atoms with Crippen LogP contribution < -0.4 is 10.6 Å². The summed E-state index contributed by atoms with van der Waals surface area (Å²) in [5.41, 5.74) is -0.0146. The zero-order valence-electron chi connectivity index (χ0n) is 21.3. The van der Waals surface area contributed by atoms with E-state index in [1.807, 2.05) is 37.3 Å². The molecule has 6 heteroatoms. The second-order valence-corrected chi connectivity index (χ2v) is 11.5. The second-order valence-electron chi connectivity index (χ2n) is 11.5. The summed E-state index contributed by atoms with van der Waals surface area (Å²) in [5.74, 6) is -0.936. The Morgan fingerprint density at radius 1 is 0.914 bits per heavy atom. The molecule has 2 aliphatic heterocycles. The van der Waals surface area contributed by atoms with Gasteiger partial charge < -0.3 is 14.8 Å². The Kier molecular flexibility index (Phi) is 7.23. The van der Waals surface area contributed by atoms with Crippen molar-refractivity contribution in [2.75, 3.05) is 13.2 Å². The molecule has 4 fully saturated rings. The Bertz CT molecular complexity index is 881. The van der Waals surface area contributed by atoms with Crippen molar-refractivity contribution in [3.8, 4) is 0 Å². The van der Waals surface area contributed by atoms with Gasteiger partial charge in [-0.25, -0.2) is 4.79 Å². The fourth-order valence-corrected chi connectivity index (χ4v) is 7.71. The van der Waals surface area contributed by atoms with Crippen LogP contribution in [-0.2, 0) is 25.7 Å². The Morgan fingerprint density at radius 3 is 2.29 bits per heavy atom. The number of benzene rings is 1. The van der Waals surface area contributed by atoms with Crippen LogP contribution in [0.5, 0.6) is 0 Å². The standard InChI is InChI=1S/C29H42N2O4/c1-2-34-25(32)24-20-28(14-7-4-8-15-28)31-29(24,26(33)35-21-22-10-5-3-6-11-22)23-12-17-27(18-13-23)16-9-19-30-27/h3,5-6,10-11,23-24,30-31H,2,4,7-9,12-21H2,1H3/t23?,24-,27?,29?/m0/s1. The first-order valence-electron chi connectivity index (χ1n) is 13.9. The maximum Gasteiger partial charge on any atom is 0.327 e. The van der Waals surface area contributed by atoms with Crippen molar-refractivity contribution in [3.63, 3.8) is 0 Å². The molecular formula is C29H42N2O4. The van der Waals surface area contributed by atoms with Crippen molar-refractivity contribution in [1.29, 1.82) is 0 Å². The van der Waals surface area contributed by atoms with Crippen molar-refractivity contribution in [1.82, 2.24) is 10.6 Å². The highest BCUT2D eigenvalue weighted by Gasteiger charge is 2.65. The van der Waals surface area contributed by atoms with Gasteiger partial charge in [0.05, 0.1) is 12.5 Å². The van der Waals surface area contributed by atoms with E-state index in [0.29, 0.717) is 13.0 Å². The molecule has 0 radical (unpaired) electrons. The average Bonchev–Trinajstić information content (AvgIpc) is 3.48. The molecule has 192 valence electrons. The van der Waals surface area contributed by atoms with Gasteiger partial charge in [-0.15, -0.1) is 0 Å².